The Kier molecular flexibility index (Phi) is 7.24. The molecule has 3 rings (SSSR count). The van der Waals surface area contributed by atoms with Gasteiger partial charge in [0.15, 0.2) is 0 Å². The van der Waals surface area contributed by atoms with E-state index in [-0.39, 0.29) is 42.2 Å². The van der Waals surface area contributed by atoms with E-state index in [4.69, 9.17) is 0 Å². The number of piperidine rings is 1. The number of sulfonamides is 1. The van der Waals surface area contributed by atoms with Gasteiger partial charge in [-0.1, -0.05) is 0 Å². The van der Waals surface area contributed by atoms with Crippen LogP contribution >= 0.6 is 12.4 Å². The highest BCUT2D eigenvalue weighted by molar-refractivity contribution is 7.92. The van der Waals surface area contributed by atoms with Crippen molar-refractivity contribution in [1.29, 1.82) is 0 Å². The zero-order chi connectivity index (χ0) is 19.6. The maximum Gasteiger partial charge on any atom is 0.256 e. The van der Waals surface area contributed by atoms with Crippen molar-refractivity contribution in [3.8, 4) is 0 Å². The van der Waals surface area contributed by atoms with Crippen LogP contribution in [0, 0.1) is 5.82 Å². The molecule has 0 aliphatic carbocycles. The van der Waals surface area contributed by atoms with E-state index in [2.05, 4.69) is 10.0 Å². The predicted molar refractivity (Wildman–Crippen MR) is 106 cm³/mol. The lowest BCUT2D eigenvalue weighted by molar-refractivity contribution is -0.135. The molecule has 2 saturated heterocycles. The van der Waals surface area contributed by atoms with Gasteiger partial charge in [-0.15, -0.1) is 12.4 Å². The van der Waals surface area contributed by atoms with Crippen molar-refractivity contribution in [2.24, 2.45) is 0 Å². The van der Waals surface area contributed by atoms with Crippen molar-refractivity contribution < 1.29 is 22.4 Å². The number of halogens is 2. The van der Waals surface area contributed by atoms with Gasteiger partial charge in [-0.05, 0) is 31.0 Å². The van der Waals surface area contributed by atoms with E-state index in [1.54, 1.807) is 9.80 Å². The summed E-state index contributed by atoms with van der Waals surface area (Å²) in [4.78, 5) is 28.5. The number of hydrogen-bond acceptors (Lipinski definition) is 5. The molecule has 2 aliphatic heterocycles. The normalized spacial score (nSPS) is 20.5. The van der Waals surface area contributed by atoms with Crippen LogP contribution < -0.4 is 10.0 Å². The van der Waals surface area contributed by atoms with Gasteiger partial charge < -0.3 is 15.1 Å². The summed E-state index contributed by atoms with van der Waals surface area (Å²) in [6.45, 7) is 2.41. The second kappa shape index (κ2) is 9.06. The lowest BCUT2D eigenvalue weighted by Crippen LogP contribution is -2.57. The fourth-order valence-corrected chi connectivity index (χ4v) is 4.13. The summed E-state index contributed by atoms with van der Waals surface area (Å²) in [6.07, 6.45) is 2.49. The van der Waals surface area contributed by atoms with Gasteiger partial charge in [-0.2, -0.15) is 0 Å². The van der Waals surface area contributed by atoms with E-state index >= 15 is 0 Å². The molecule has 2 amide bonds. The average Bonchev–Trinajstić information content (AvgIpc) is 2.62. The number of carbonyl (C=O) groups is 2. The van der Waals surface area contributed by atoms with Gasteiger partial charge in [0.1, 0.15) is 5.82 Å². The Labute approximate surface area is 169 Å². The van der Waals surface area contributed by atoms with E-state index in [9.17, 15) is 22.4 Å². The van der Waals surface area contributed by atoms with Crippen LogP contribution in [0.5, 0.6) is 0 Å². The number of nitrogens with one attached hydrogen (secondary N) is 2. The standard InChI is InChI=1S/C17H23FN4O4S.ClH/c1-27(25,26)20-15-5-4-12(18)9-14(15)17(24)21-7-2-3-13(11-21)22-8-6-19-10-16(22)23;/h4-5,9,13,19-20H,2-3,6-8,10-11H2,1H3;1H. The third-order valence-electron chi connectivity index (χ3n) is 4.76. The molecule has 1 unspecified atom stereocenters. The third-order valence-corrected chi connectivity index (χ3v) is 5.35. The summed E-state index contributed by atoms with van der Waals surface area (Å²) < 4.78 is 39.1. The van der Waals surface area contributed by atoms with Crippen LogP contribution in [-0.4, -0.2) is 75.1 Å². The number of piperazine rings is 1. The monoisotopic (exact) mass is 434 g/mol. The maximum absolute atomic E-state index is 13.7. The van der Waals surface area contributed by atoms with E-state index in [1.807, 2.05) is 0 Å². The number of carbonyl (C=O) groups excluding carboxylic acids is 2. The quantitative estimate of drug-likeness (QED) is 0.725. The van der Waals surface area contributed by atoms with Gasteiger partial charge in [0, 0.05) is 32.2 Å². The van der Waals surface area contributed by atoms with Crippen molar-refractivity contribution in [2.75, 3.05) is 43.7 Å². The van der Waals surface area contributed by atoms with E-state index in [1.165, 1.54) is 6.07 Å². The Bertz CT molecular complexity index is 852. The number of anilines is 1. The van der Waals surface area contributed by atoms with Crippen LogP contribution in [0.1, 0.15) is 23.2 Å². The Hall–Kier alpha value is -1.91. The molecule has 28 heavy (non-hydrogen) atoms. The second-order valence-corrected chi connectivity index (χ2v) is 8.62. The first kappa shape index (κ1) is 22.4. The molecule has 156 valence electrons. The summed E-state index contributed by atoms with van der Waals surface area (Å²) in [5.41, 5.74) is 0.0111. The van der Waals surface area contributed by atoms with E-state index in [0.29, 0.717) is 26.2 Å². The third kappa shape index (κ3) is 5.33. The Morgan fingerprint density at radius 1 is 1.32 bits per heavy atom. The summed E-state index contributed by atoms with van der Waals surface area (Å²) in [5, 5.41) is 3.02. The molecule has 0 saturated carbocycles. The molecule has 2 heterocycles. The van der Waals surface area contributed by atoms with Gasteiger partial charge in [-0.25, -0.2) is 12.8 Å². The van der Waals surface area contributed by atoms with Crippen LogP contribution in [0.15, 0.2) is 18.2 Å². The fraction of sp³-hybridized carbons (Fsp3) is 0.529. The highest BCUT2D eigenvalue weighted by atomic mass is 35.5. The number of rotatable bonds is 4. The Morgan fingerprint density at radius 2 is 2.07 bits per heavy atom. The van der Waals surface area contributed by atoms with Crippen molar-refractivity contribution in [3.63, 3.8) is 0 Å². The van der Waals surface area contributed by atoms with Crippen molar-refractivity contribution >= 4 is 39.9 Å². The average molecular weight is 435 g/mol. The smallest absolute Gasteiger partial charge is 0.256 e. The second-order valence-electron chi connectivity index (χ2n) is 6.88. The minimum absolute atomic E-state index is 0. The van der Waals surface area contributed by atoms with Crippen LogP contribution in [0.25, 0.3) is 0 Å². The molecule has 1 atom stereocenters. The molecule has 11 heteroatoms. The zero-order valence-corrected chi connectivity index (χ0v) is 17.1. The number of likely N-dealkylation sites (tertiary alicyclic amines) is 1. The summed E-state index contributed by atoms with van der Waals surface area (Å²) >= 11 is 0. The number of amides is 2. The first-order valence-electron chi connectivity index (χ1n) is 8.81. The largest absolute Gasteiger partial charge is 0.337 e. The van der Waals surface area contributed by atoms with Gasteiger partial charge in [0.05, 0.1) is 24.1 Å². The lowest BCUT2D eigenvalue weighted by atomic mass is 10.0. The molecule has 0 spiro atoms. The van der Waals surface area contributed by atoms with Gasteiger partial charge in [0.2, 0.25) is 15.9 Å². The minimum atomic E-state index is -3.61. The molecule has 2 fully saturated rings. The van der Waals surface area contributed by atoms with E-state index < -0.39 is 21.7 Å². The van der Waals surface area contributed by atoms with Crippen LogP contribution in [0.3, 0.4) is 0 Å². The molecule has 2 aliphatic rings. The van der Waals surface area contributed by atoms with Gasteiger partial charge >= 0.3 is 0 Å². The Balaban J connectivity index is 0.00000280. The van der Waals surface area contributed by atoms with Gasteiger partial charge in [0.25, 0.3) is 5.91 Å². The van der Waals surface area contributed by atoms with Crippen LogP contribution in [0.2, 0.25) is 0 Å². The molecule has 2 N–H and O–H groups in total. The lowest BCUT2D eigenvalue weighted by Gasteiger charge is -2.41. The molecule has 0 radical (unpaired) electrons. The summed E-state index contributed by atoms with van der Waals surface area (Å²) in [5.74, 6) is -1.07. The predicted octanol–water partition coefficient (Wildman–Crippen LogP) is 0.655. The fourth-order valence-electron chi connectivity index (χ4n) is 3.55. The Morgan fingerprint density at radius 3 is 2.75 bits per heavy atom. The van der Waals surface area contributed by atoms with Crippen molar-refractivity contribution in [1.82, 2.24) is 15.1 Å². The SMILES string of the molecule is CS(=O)(=O)Nc1ccc(F)cc1C(=O)N1CCCC(N2CCNCC2=O)C1.Cl. The van der Waals surface area contributed by atoms with Crippen LogP contribution in [-0.2, 0) is 14.8 Å². The zero-order valence-electron chi connectivity index (χ0n) is 15.5. The first-order valence-corrected chi connectivity index (χ1v) is 10.7. The highest BCUT2D eigenvalue weighted by Crippen LogP contribution is 2.24. The number of nitrogens with zero attached hydrogens (tertiary/aromatic N) is 2. The maximum atomic E-state index is 13.7. The van der Waals surface area contributed by atoms with E-state index in [0.717, 1.165) is 31.2 Å². The molecule has 1 aromatic carbocycles. The number of hydrogen-bond donors (Lipinski definition) is 2. The van der Waals surface area contributed by atoms with Crippen molar-refractivity contribution in [2.45, 2.75) is 18.9 Å². The molecule has 0 aromatic heterocycles. The van der Waals surface area contributed by atoms with Crippen molar-refractivity contribution in [3.05, 3.63) is 29.6 Å². The topological polar surface area (TPSA) is 98.8 Å². The molecule has 0 bridgehead atoms. The first-order chi connectivity index (χ1) is 12.7. The minimum Gasteiger partial charge on any atom is -0.337 e. The molecule has 1 aromatic rings. The van der Waals surface area contributed by atoms with Gasteiger partial charge in [-0.3, -0.25) is 14.3 Å². The summed E-state index contributed by atoms with van der Waals surface area (Å²) in [6, 6.07) is 3.29. The molecule has 8 nitrogen and oxygen atoms in total. The summed E-state index contributed by atoms with van der Waals surface area (Å²) in [7, 11) is -3.61. The highest BCUT2D eigenvalue weighted by Gasteiger charge is 2.32. The van der Waals surface area contributed by atoms with Crippen LogP contribution in [0.4, 0.5) is 10.1 Å². The number of benzene rings is 1. The molecular weight excluding hydrogens is 411 g/mol. The molecular formula is C17H24ClFN4O4S.